The standard InChI is InChI=1S/C27H26N6O3/c1-17-15-28-26-24(17)25(29-16-30-26)19-9-11-33(12-10-19)27(35)32-21-6-4-8-23(14-21)36-22-7-3-5-20(13-22)31-18(2)34/h3-9,13-16H,10-12H2,1-2H3,(H,31,34)(H,32,35)(H,28,29,30). The summed E-state index contributed by atoms with van der Waals surface area (Å²) in [6, 6.07) is 14.2. The molecule has 0 saturated heterocycles. The third kappa shape index (κ3) is 5.05. The molecule has 9 nitrogen and oxygen atoms in total. The molecule has 2 aromatic heterocycles. The first-order chi connectivity index (χ1) is 17.5. The van der Waals surface area contributed by atoms with E-state index in [1.165, 1.54) is 6.92 Å². The number of H-pyrrole nitrogens is 1. The van der Waals surface area contributed by atoms with Crippen LogP contribution in [0, 0.1) is 6.92 Å². The van der Waals surface area contributed by atoms with Crippen molar-refractivity contribution in [1.29, 1.82) is 0 Å². The van der Waals surface area contributed by atoms with Crippen molar-refractivity contribution < 1.29 is 14.3 Å². The average Bonchev–Trinajstić information content (AvgIpc) is 3.25. The van der Waals surface area contributed by atoms with Gasteiger partial charge in [0.05, 0.1) is 5.69 Å². The Labute approximate surface area is 208 Å². The van der Waals surface area contributed by atoms with Gasteiger partial charge in [-0.2, -0.15) is 0 Å². The Morgan fingerprint density at radius 2 is 1.75 bits per heavy atom. The number of amides is 3. The van der Waals surface area contributed by atoms with Gasteiger partial charge in [0.1, 0.15) is 23.5 Å². The molecular formula is C27H26N6O3. The first-order valence-corrected chi connectivity index (χ1v) is 11.7. The molecule has 2 aromatic carbocycles. The fourth-order valence-electron chi connectivity index (χ4n) is 4.25. The van der Waals surface area contributed by atoms with Gasteiger partial charge in [-0.25, -0.2) is 14.8 Å². The van der Waals surface area contributed by atoms with Crippen LogP contribution in [-0.4, -0.2) is 44.9 Å². The molecule has 0 bridgehead atoms. The molecule has 0 spiro atoms. The van der Waals surface area contributed by atoms with Crippen molar-refractivity contribution in [1.82, 2.24) is 19.9 Å². The molecular weight excluding hydrogens is 456 g/mol. The number of aromatic amines is 1. The zero-order valence-electron chi connectivity index (χ0n) is 20.0. The minimum Gasteiger partial charge on any atom is -0.457 e. The van der Waals surface area contributed by atoms with Crippen molar-refractivity contribution in [2.45, 2.75) is 20.3 Å². The zero-order chi connectivity index (χ0) is 25.1. The fourth-order valence-corrected chi connectivity index (χ4v) is 4.25. The number of carbonyl (C=O) groups is 2. The van der Waals surface area contributed by atoms with Gasteiger partial charge in [0.2, 0.25) is 5.91 Å². The number of nitrogens with zero attached hydrogens (tertiary/aromatic N) is 3. The molecule has 0 radical (unpaired) electrons. The van der Waals surface area contributed by atoms with Crippen molar-refractivity contribution in [3.05, 3.63) is 78.4 Å². The second-order valence-corrected chi connectivity index (χ2v) is 8.61. The molecule has 0 unspecified atom stereocenters. The van der Waals surface area contributed by atoms with Crippen LogP contribution in [0.5, 0.6) is 11.5 Å². The third-order valence-electron chi connectivity index (χ3n) is 5.94. The summed E-state index contributed by atoms with van der Waals surface area (Å²) >= 11 is 0. The van der Waals surface area contributed by atoms with Gasteiger partial charge in [0, 0.05) is 55.1 Å². The van der Waals surface area contributed by atoms with Crippen molar-refractivity contribution in [2.75, 3.05) is 23.7 Å². The number of fused-ring (bicyclic) bond motifs is 1. The van der Waals surface area contributed by atoms with Gasteiger partial charge in [-0.05, 0) is 48.7 Å². The number of benzene rings is 2. The zero-order valence-corrected chi connectivity index (χ0v) is 20.0. The molecule has 0 fully saturated rings. The number of urea groups is 1. The lowest BCUT2D eigenvalue weighted by Gasteiger charge is -2.26. The van der Waals surface area contributed by atoms with Gasteiger partial charge >= 0.3 is 6.03 Å². The summed E-state index contributed by atoms with van der Waals surface area (Å²) in [6.45, 7) is 4.56. The maximum atomic E-state index is 12.9. The molecule has 0 saturated carbocycles. The molecule has 1 aliphatic rings. The highest BCUT2D eigenvalue weighted by Gasteiger charge is 2.21. The molecule has 3 N–H and O–H groups in total. The lowest BCUT2D eigenvalue weighted by Crippen LogP contribution is -2.37. The van der Waals surface area contributed by atoms with Crippen LogP contribution in [0.2, 0.25) is 0 Å². The number of aromatic nitrogens is 3. The summed E-state index contributed by atoms with van der Waals surface area (Å²) < 4.78 is 5.93. The van der Waals surface area contributed by atoms with Crippen LogP contribution < -0.4 is 15.4 Å². The molecule has 0 aliphatic carbocycles. The van der Waals surface area contributed by atoms with Crippen LogP contribution in [0.15, 0.2) is 67.1 Å². The van der Waals surface area contributed by atoms with E-state index in [9.17, 15) is 9.59 Å². The normalized spacial score (nSPS) is 13.3. The van der Waals surface area contributed by atoms with Gasteiger partial charge in [-0.1, -0.05) is 18.2 Å². The largest absolute Gasteiger partial charge is 0.457 e. The van der Waals surface area contributed by atoms with Crippen LogP contribution in [0.3, 0.4) is 0 Å². The molecule has 9 heteroatoms. The van der Waals surface area contributed by atoms with E-state index < -0.39 is 0 Å². The molecule has 3 amide bonds. The van der Waals surface area contributed by atoms with Crippen LogP contribution in [0.1, 0.15) is 24.6 Å². The number of rotatable bonds is 5. The monoisotopic (exact) mass is 482 g/mol. The van der Waals surface area contributed by atoms with Gasteiger partial charge in [-0.15, -0.1) is 0 Å². The SMILES string of the molecule is CC(=O)Nc1cccc(Oc2cccc(NC(=O)N3CC=C(c4ncnc5[nH]cc(C)c45)CC3)c2)c1. The van der Waals surface area contributed by atoms with Crippen molar-refractivity contribution in [3.63, 3.8) is 0 Å². The van der Waals surface area contributed by atoms with Crippen LogP contribution in [0.4, 0.5) is 16.2 Å². The Morgan fingerprint density at radius 3 is 2.42 bits per heavy atom. The number of aryl methyl sites for hydroxylation is 1. The number of carbonyl (C=O) groups excluding carboxylic acids is 2. The Kier molecular flexibility index (Phi) is 6.36. The smallest absolute Gasteiger partial charge is 0.322 e. The van der Waals surface area contributed by atoms with Gasteiger partial charge in [-0.3, -0.25) is 4.79 Å². The van der Waals surface area contributed by atoms with E-state index in [0.717, 1.165) is 27.9 Å². The predicted octanol–water partition coefficient (Wildman–Crippen LogP) is 5.34. The van der Waals surface area contributed by atoms with Crippen LogP contribution in [-0.2, 0) is 4.79 Å². The quantitative estimate of drug-likeness (QED) is 0.356. The van der Waals surface area contributed by atoms with E-state index in [0.29, 0.717) is 42.4 Å². The van der Waals surface area contributed by atoms with Crippen LogP contribution >= 0.6 is 0 Å². The molecule has 4 aromatic rings. The minimum atomic E-state index is -0.180. The highest BCUT2D eigenvalue weighted by molar-refractivity contribution is 5.93. The minimum absolute atomic E-state index is 0.151. The number of hydrogen-bond acceptors (Lipinski definition) is 5. The predicted molar refractivity (Wildman–Crippen MR) is 139 cm³/mol. The summed E-state index contributed by atoms with van der Waals surface area (Å²) in [4.78, 5) is 38.0. The van der Waals surface area contributed by atoms with E-state index in [-0.39, 0.29) is 11.9 Å². The summed E-state index contributed by atoms with van der Waals surface area (Å²) in [6.07, 6.45) is 6.26. The van der Waals surface area contributed by atoms with Gasteiger partial charge in [0.15, 0.2) is 0 Å². The topological polar surface area (TPSA) is 112 Å². The number of nitrogens with one attached hydrogen (secondary N) is 3. The molecule has 5 rings (SSSR count). The number of hydrogen-bond donors (Lipinski definition) is 3. The highest BCUT2D eigenvalue weighted by Crippen LogP contribution is 2.29. The van der Waals surface area contributed by atoms with Crippen molar-refractivity contribution in [2.24, 2.45) is 0 Å². The van der Waals surface area contributed by atoms with E-state index in [4.69, 9.17) is 4.74 Å². The summed E-state index contributed by atoms with van der Waals surface area (Å²) in [5, 5.41) is 6.72. The lowest BCUT2D eigenvalue weighted by atomic mass is 10.0. The maximum absolute atomic E-state index is 12.9. The second kappa shape index (κ2) is 9.91. The van der Waals surface area contributed by atoms with E-state index in [1.807, 2.05) is 31.3 Å². The Hall–Kier alpha value is -4.66. The average molecular weight is 483 g/mol. The number of ether oxygens (including phenoxy) is 1. The Morgan fingerprint density at radius 1 is 1.03 bits per heavy atom. The molecule has 3 heterocycles. The van der Waals surface area contributed by atoms with E-state index in [1.54, 1.807) is 41.6 Å². The molecule has 1 aliphatic heterocycles. The first kappa shape index (κ1) is 23.1. The van der Waals surface area contributed by atoms with Crippen molar-refractivity contribution in [3.8, 4) is 11.5 Å². The van der Waals surface area contributed by atoms with Gasteiger partial charge in [0.25, 0.3) is 0 Å². The maximum Gasteiger partial charge on any atom is 0.322 e. The summed E-state index contributed by atoms with van der Waals surface area (Å²) in [5.74, 6) is 1.000. The first-order valence-electron chi connectivity index (χ1n) is 11.7. The second-order valence-electron chi connectivity index (χ2n) is 8.61. The van der Waals surface area contributed by atoms with E-state index in [2.05, 4.69) is 31.7 Å². The highest BCUT2D eigenvalue weighted by atomic mass is 16.5. The number of anilines is 2. The lowest BCUT2D eigenvalue weighted by molar-refractivity contribution is -0.114. The fraction of sp³-hybridized carbons (Fsp3) is 0.185. The molecule has 36 heavy (non-hydrogen) atoms. The van der Waals surface area contributed by atoms with Crippen LogP contribution in [0.25, 0.3) is 16.6 Å². The summed E-state index contributed by atoms with van der Waals surface area (Å²) in [5.41, 5.74) is 5.24. The third-order valence-corrected chi connectivity index (χ3v) is 5.94. The van der Waals surface area contributed by atoms with E-state index >= 15 is 0 Å². The Bertz CT molecular complexity index is 1480. The molecule has 0 atom stereocenters. The van der Waals surface area contributed by atoms with Gasteiger partial charge < -0.3 is 25.3 Å². The Balaban J connectivity index is 1.24. The summed E-state index contributed by atoms with van der Waals surface area (Å²) in [7, 11) is 0. The van der Waals surface area contributed by atoms with Crippen molar-refractivity contribution >= 4 is 39.9 Å². The molecule has 182 valence electrons.